The van der Waals surface area contributed by atoms with Gasteiger partial charge in [0.1, 0.15) is 0 Å². The molecule has 3 saturated carbocycles. The summed E-state index contributed by atoms with van der Waals surface area (Å²) < 4.78 is 71.3. The summed E-state index contributed by atoms with van der Waals surface area (Å²) in [4.78, 5) is 83.5. The highest BCUT2D eigenvalue weighted by molar-refractivity contribution is 5.93. The highest BCUT2D eigenvalue weighted by Crippen LogP contribution is 2.69. The molecule has 0 unspecified atom stereocenters. The van der Waals surface area contributed by atoms with Crippen LogP contribution in [0.3, 0.4) is 0 Å². The fourth-order valence-corrected chi connectivity index (χ4v) is 17.4. The molecule has 17 heteroatoms. The lowest BCUT2D eigenvalue weighted by atomic mass is 9.47. The van der Waals surface area contributed by atoms with Crippen LogP contribution in [-0.4, -0.2) is 122 Å². The van der Waals surface area contributed by atoms with E-state index in [2.05, 4.69) is 33.8 Å². The number of esters is 6. The molecule has 3 saturated heterocycles. The van der Waals surface area contributed by atoms with Gasteiger partial charge < -0.3 is 52.1 Å². The van der Waals surface area contributed by atoms with Gasteiger partial charge in [-0.3, -0.25) is 0 Å². The molecular formula is C81H88O17. The van der Waals surface area contributed by atoms with Crippen molar-refractivity contribution in [3.63, 3.8) is 0 Å². The predicted molar refractivity (Wildman–Crippen MR) is 360 cm³/mol. The third kappa shape index (κ3) is 14.3. The monoisotopic (exact) mass is 1330 g/mol. The van der Waals surface area contributed by atoms with Crippen molar-refractivity contribution in [3.05, 3.63) is 227 Å². The minimum Gasteiger partial charge on any atom is -0.452 e. The number of ether oxygens (including phenoxy) is 11. The van der Waals surface area contributed by atoms with E-state index >= 15 is 0 Å². The molecule has 0 amide bonds. The maximum atomic E-state index is 14.1. The van der Waals surface area contributed by atoms with Crippen LogP contribution in [0, 0.1) is 46.3 Å². The maximum absolute atomic E-state index is 14.1. The van der Waals surface area contributed by atoms with Crippen molar-refractivity contribution < 1.29 is 80.9 Å². The van der Waals surface area contributed by atoms with Gasteiger partial charge in [-0.1, -0.05) is 149 Å². The zero-order chi connectivity index (χ0) is 68.2. The summed E-state index contributed by atoms with van der Waals surface area (Å²) in [6.45, 7) is 13.2. The number of hydrogen-bond acceptors (Lipinski definition) is 17. The Labute approximate surface area is 573 Å². The molecular weight excluding hydrogens is 1240 g/mol. The summed E-state index contributed by atoms with van der Waals surface area (Å²) in [6.07, 6.45) is -1.33. The fourth-order valence-electron chi connectivity index (χ4n) is 17.4. The first kappa shape index (κ1) is 68.2. The van der Waals surface area contributed by atoms with Gasteiger partial charge in [0.05, 0.1) is 70.5 Å². The van der Waals surface area contributed by atoms with Gasteiger partial charge in [0, 0.05) is 0 Å². The van der Waals surface area contributed by atoms with Crippen molar-refractivity contribution in [2.45, 2.75) is 179 Å². The van der Waals surface area contributed by atoms with Gasteiger partial charge in [0.25, 0.3) is 0 Å². The molecule has 6 fully saturated rings. The molecule has 0 aromatic heterocycles. The summed E-state index contributed by atoms with van der Waals surface area (Å²) in [6, 6.07) is 51.1. The van der Waals surface area contributed by atoms with Crippen molar-refractivity contribution in [2.75, 3.05) is 6.61 Å². The Bertz CT molecular complexity index is 3780. The zero-order valence-corrected chi connectivity index (χ0v) is 56.4. The number of rotatable bonds is 20. The molecule has 0 radical (unpaired) electrons. The number of hydrogen-bond donors (Lipinski definition) is 0. The van der Waals surface area contributed by atoms with Gasteiger partial charge in [0.2, 0.25) is 0 Å². The molecule has 4 aliphatic carbocycles. The van der Waals surface area contributed by atoms with E-state index in [0.29, 0.717) is 41.6 Å². The SMILES string of the molecule is C[C@H](CC[C@H]1O[C@H]2C[C@H]3[C@@H]4CC=C5C[C@@H](O[C@@H]6O[C@@H](C)[C@H](OC(=O)c7ccccc7)[C@@H](OC(=O)c7ccccc7)[C@H]6OC(=O)c6ccccc6)CC[C@]5(C)[C@H]4CC[C@]3(C)[C@H]2[C@@H]1C)CO[C@@H]1O[C@@H](C)[C@H](OC(=O)c2ccccc2)[C@@H](OC(=O)c2ccccc2)[C@H]1OC(=O)c1ccccc1. The highest BCUT2D eigenvalue weighted by atomic mass is 16.7. The average molecular weight is 1330 g/mol. The molecule has 6 aromatic carbocycles. The highest BCUT2D eigenvalue weighted by Gasteiger charge is 2.65. The molecule has 514 valence electrons. The van der Waals surface area contributed by atoms with E-state index in [1.165, 1.54) is 5.57 Å². The van der Waals surface area contributed by atoms with Crippen molar-refractivity contribution in [1.29, 1.82) is 0 Å². The van der Waals surface area contributed by atoms with Crippen LogP contribution >= 0.6 is 0 Å². The second kappa shape index (κ2) is 29.6. The molecule has 6 aromatic rings. The van der Waals surface area contributed by atoms with E-state index < -0.39 is 97.2 Å². The van der Waals surface area contributed by atoms with E-state index in [4.69, 9.17) is 52.1 Å². The van der Waals surface area contributed by atoms with Gasteiger partial charge in [-0.25, -0.2) is 28.8 Å². The Kier molecular flexibility index (Phi) is 20.6. The Morgan fingerprint density at radius 2 is 0.878 bits per heavy atom. The molecule has 0 bridgehead atoms. The van der Waals surface area contributed by atoms with E-state index in [0.717, 1.165) is 51.4 Å². The third-order valence-corrected chi connectivity index (χ3v) is 22.4. The van der Waals surface area contributed by atoms with Crippen LogP contribution in [0.5, 0.6) is 0 Å². The van der Waals surface area contributed by atoms with Gasteiger partial charge in [-0.05, 0) is 191 Å². The predicted octanol–water partition coefficient (Wildman–Crippen LogP) is 14.2. The first-order valence-corrected chi connectivity index (χ1v) is 34.9. The van der Waals surface area contributed by atoms with Crippen LogP contribution in [0.15, 0.2) is 194 Å². The number of carbonyl (C=O) groups is 6. The molecule has 21 atom stereocenters. The Hall–Kier alpha value is -8.32. The lowest BCUT2D eigenvalue weighted by Gasteiger charge is -2.58. The van der Waals surface area contributed by atoms with E-state index in [1.54, 1.807) is 196 Å². The van der Waals surface area contributed by atoms with Crippen molar-refractivity contribution in [3.8, 4) is 0 Å². The molecule has 13 rings (SSSR count). The molecule has 17 nitrogen and oxygen atoms in total. The fraction of sp³-hybridized carbons (Fsp3) is 0.457. The van der Waals surface area contributed by atoms with Gasteiger partial charge in [-0.15, -0.1) is 0 Å². The first-order chi connectivity index (χ1) is 47.4. The molecule has 98 heavy (non-hydrogen) atoms. The number of benzene rings is 6. The van der Waals surface area contributed by atoms with Crippen molar-refractivity contribution >= 4 is 35.8 Å². The summed E-state index contributed by atoms with van der Waals surface area (Å²) in [5.74, 6) is -1.86. The summed E-state index contributed by atoms with van der Waals surface area (Å²) in [7, 11) is 0. The number of fused-ring (bicyclic) bond motifs is 7. The molecule has 3 heterocycles. The largest absolute Gasteiger partial charge is 0.452 e. The Morgan fingerprint density at radius 1 is 0.480 bits per heavy atom. The number of carbonyl (C=O) groups excluding carboxylic acids is 6. The summed E-state index contributed by atoms with van der Waals surface area (Å²) in [5, 5.41) is 0. The van der Waals surface area contributed by atoms with Gasteiger partial charge >= 0.3 is 35.8 Å². The molecule has 3 aliphatic heterocycles. The third-order valence-electron chi connectivity index (χ3n) is 22.4. The summed E-state index contributed by atoms with van der Waals surface area (Å²) in [5.41, 5.74) is 3.07. The molecule has 0 N–H and O–H groups in total. The average Bonchev–Trinajstić information content (AvgIpc) is 1.49. The van der Waals surface area contributed by atoms with E-state index in [9.17, 15) is 28.8 Å². The summed E-state index contributed by atoms with van der Waals surface area (Å²) >= 11 is 0. The topological polar surface area (TPSA) is 204 Å². The molecule has 0 spiro atoms. The smallest absolute Gasteiger partial charge is 0.338 e. The standard InChI is InChI=1S/C81H88O17/c1-48(47-88-78-70(97-76(86)56-33-21-11-22-34-56)68(95-74(84)54-29-17-9-18-30-54)66(50(3)89-78)93-72(82)52-25-13-7-14-26-52)37-40-63-49(2)65-64(92-63)46-62-60-39-38-58-45-59(41-43-80(58,5)61(60)42-44-81(62,65)6)91-79-71(98-77(87)57-35-23-12-24-36-57)69(96-75(85)55-31-19-10-20-32-55)67(51(4)90-79)94-73(83)53-27-15-8-16-28-53/h7-36,38,48-51,59-71,78-79H,37,39-47H2,1-6H3/t48-,49-,50+,51+,59+,60-,61+,62+,63-,64+,65+,66+,67+,68-,69-,70-,71-,78-,79+,80+,81+/m1/s1. The zero-order valence-electron chi connectivity index (χ0n) is 56.4. The Morgan fingerprint density at radius 3 is 1.32 bits per heavy atom. The van der Waals surface area contributed by atoms with Crippen LogP contribution in [0.2, 0.25) is 0 Å². The van der Waals surface area contributed by atoms with E-state index in [1.807, 2.05) is 0 Å². The van der Waals surface area contributed by atoms with Crippen LogP contribution in [0.25, 0.3) is 0 Å². The van der Waals surface area contributed by atoms with Gasteiger partial charge in [-0.2, -0.15) is 0 Å². The minimum absolute atomic E-state index is 0.0146. The van der Waals surface area contributed by atoms with Crippen LogP contribution in [0.4, 0.5) is 0 Å². The van der Waals surface area contributed by atoms with E-state index in [-0.39, 0.29) is 69.5 Å². The van der Waals surface area contributed by atoms with Crippen molar-refractivity contribution in [2.24, 2.45) is 46.3 Å². The quantitative estimate of drug-likeness (QED) is 0.0396. The van der Waals surface area contributed by atoms with Crippen LogP contribution in [0.1, 0.15) is 161 Å². The first-order valence-electron chi connectivity index (χ1n) is 34.9. The van der Waals surface area contributed by atoms with Crippen LogP contribution in [-0.2, 0) is 52.1 Å². The minimum atomic E-state index is -1.34. The maximum Gasteiger partial charge on any atom is 0.338 e. The molecule has 7 aliphatic rings. The second-order valence-corrected chi connectivity index (χ2v) is 28.5. The Balaban J connectivity index is 0.663. The number of allylic oxidation sites excluding steroid dienone is 1. The second-order valence-electron chi connectivity index (χ2n) is 28.5. The van der Waals surface area contributed by atoms with Crippen molar-refractivity contribution in [1.82, 2.24) is 0 Å². The normalized spacial score (nSPS) is 33.3. The van der Waals surface area contributed by atoms with Gasteiger partial charge in [0.15, 0.2) is 49.2 Å². The lowest BCUT2D eigenvalue weighted by Crippen LogP contribution is -2.62. The lowest BCUT2D eigenvalue weighted by molar-refractivity contribution is -0.303. The van der Waals surface area contributed by atoms with Crippen LogP contribution < -0.4 is 0 Å².